The van der Waals surface area contributed by atoms with Crippen LogP contribution in [0.25, 0.3) is 0 Å². The third kappa shape index (κ3) is 7.71. The van der Waals surface area contributed by atoms with E-state index in [1.165, 1.54) is 0 Å². The maximum absolute atomic E-state index is 13.0. The highest BCUT2D eigenvalue weighted by molar-refractivity contribution is 5.89. The van der Waals surface area contributed by atoms with Crippen LogP contribution >= 0.6 is 0 Å². The minimum absolute atomic E-state index is 0.122. The summed E-state index contributed by atoms with van der Waals surface area (Å²) < 4.78 is 23.5. The highest BCUT2D eigenvalue weighted by Crippen LogP contribution is 2.32. The maximum atomic E-state index is 13.0. The van der Waals surface area contributed by atoms with E-state index in [1.807, 2.05) is 13.8 Å². The Bertz CT molecular complexity index is 815. The zero-order valence-corrected chi connectivity index (χ0v) is 21.0. The Morgan fingerprint density at radius 2 is 1.81 bits per heavy atom. The second-order valence-corrected chi connectivity index (χ2v) is 9.98. The highest BCUT2D eigenvalue weighted by Gasteiger charge is 2.50. The van der Waals surface area contributed by atoms with Gasteiger partial charge in [-0.25, -0.2) is 10.3 Å². The number of hydroxylamine groups is 1. The molecule has 0 spiro atoms. The predicted molar refractivity (Wildman–Crippen MR) is 128 cm³/mol. The molecule has 2 fully saturated rings. The van der Waals surface area contributed by atoms with Gasteiger partial charge in [-0.1, -0.05) is 64.2 Å². The smallest absolute Gasteiger partial charge is 0.338 e. The van der Waals surface area contributed by atoms with Gasteiger partial charge in [-0.15, -0.1) is 0 Å². The van der Waals surface area contributed by atoms with Crippen LogP contribution in [0.5, 0.6) is 0 Å². The van der Waals surface area contributed by atoms with Crippen molar-refractivity contribution in [2.24, 2.45) is 11.8 Å². The Morgan fingerprint density at radius 1 is 1.11 bits per heavy atom. The second-order valence-electron chi connectivity index (χ2n) is 9.98. The Hall–Kier alpha value is -2.08. The van der Waals surface area contributed by atoms with E-state index in [0.717, 1.165) is 32.1 Å². The molecule has 3 rings (SSSR count). The van der Waals surface area contributed by atoms with Crippen molar-refractivity contribution in [1.82, 2.24) is 5.48 Å². The molecular formula is C26H39NO9. The Labute approximate surface area is 211 Å². The molecule has 1 saturated heterocycles. The van der Waals surface area contributed by atoms with Crippen LogP contribution in [0.1, 0.15) is 62.7 Å². The monoisotopic (exact) mass is 509 g/mol. The second kappa shape index (κ2) is 14.0. The van der Waals surface area contributed by atoms with E-state index in [-0.39, 0.29) is 24.0 Å². The summed E-state index contributed by atoms with van der Waals surface area (Å²) in [5.74, 6) is -1.10. The van der Waals surface area contributed by atoms with Crippen LogP contribution in [-0.4, -0.2) is 77.3 Å². The fraction of sp³-hybridized carbons (Fsp3) is 0.692. The van der Waals surface area contributed by atoms with Gasteiger partial charge in [0.15, 0.2) is 12.4 Å². The molecule has 0 aromatic heterocycles. The molecule has 202 valence electrons. The molecule has 10 heteroatoms. The number of benzene rings is 1. The van der Waals surface area contributed by atoms with Gasteiger partial charge < -0.3 is 29.2 Å². The molecule has 10 nitrogen and oxygen atoms in total. The molecule has 1 aliphatic heterocycles. The van der Waals surface area contributed by atoms with E-state index in [0.29, 0.717) is 6.42 Å². The van der Waals surface area contributed by atoms with E-state index in [1.54, 1.807) is 35.8 Å². The lowest BCUT2D eigenvalue weighted by molar-refractivity contribution is -0.312. The van der Waals surface area contributed by atoms with E-state index in [4.69, 9.17) is 18.9 Å². The lowest BCUT2D eigenvalue weighted by Crippen LogP contribution is -2.62. The predicted octanol–water partition coefficient (Wildman–Crippen LogP) is 2.19. The summed E-state index contributed by atoms with van der Waals surface area (Å²) in [5, 5.41) is 30.3. The van der Waals surface area contributed by atoms with Gasteiger partial charge >= 0.3 is 5.97 Å². The first-order valence-electron chi connectivity index (χ1n) is 12.8. The zero-order chi connectivity index (χ0) is 26.1. The number of rotatable bonds is 11. The number of aliphatic hydroxyl groups is 2. The van der Waals surface area contributed by atoms with Gasteiger partial charge in [-0.3, -0.25) is 10.0 Å². The van der Waals surface area contributed by atoms with E-state index >= 15 is 0 Å². The summed E-state index contributed by atoms with van der Waals surface area (Å²) in [5.41, 5.74) is 1.93. The number of carbonyl (C=O) groups is 2. The van der Waals surface area contributed by atoms with Crippen LogP contribution in [-0.2, 0) is 23.7 Å². The van der Waals surface area contributed by atoms with Crippen LogP contribution in [0.2, 0.25) is 0 Å². The molecule has 4 N–H and O–H groups in total. The minimum atomic E-state index is -1.43. The Morgan fingerprint density at radius 3 is 2.42 bits per heavy atom. The topological polar surface area (TPSA) is 144 Å². The van der Waals surface area contributed by atoms with Crippen LogP contribution < -0.4 is 5.48 Å². The molecule has 1 aromatic rings. The SMILES string of the molecule is CC(C)COC1OC(CO)C(O)C(O[C@@H](CC2CCCCC2)C(=O)NO)C1OC(=O)c1ccccc1. The minimum Gasteiger partial charge on any atom is -0.450 e. The molecule has 1 saturated carbocycles. The molecule has 6 atom stereocenters. The van der Waals surface area contributed by atoms with E-state index in [2.05, 4.69) is 0 Å². The standard InChI is InChI=1S/C26H39NO9/c1-16(2)15-33-26-23(36-25(31)18-11-7-4-8-12-18)22(21(29)20(14-28)35-26)34-19(24(30)27-32)13-17-9-5-3-6-10-17/h4,7-8,11-12,16-17,19-23,26,28-29,32H,3,5-6,9-10,13-15H2,1-2H3,(H,27,30)/t19-,20?,21?,22?,23?,26?/m0/s1. The lowest BCUT2D eigenvalue weighted by atomic mass is 9.85. The molecule has 0 radical (unpaired) electrons. The van der Waals surface area contributed by atoms with Crippen LogP contribution in [0.15, 0.2) is 30.3 Å². The van der Waals surface area contributed by atoms with Crippen LogP contribution in [0.3, 0.4) is 0 Å². The van der Waals surface area contributed by atoms with Gasteiger partial charge in [0.25, 0.3) is 5.91 Å². The first-order chi connectivity index (χ1) is 17.3. The molecule has 1 aliphatic carbocycles. The fourth-order valence-corrected chi connectivity index (χ4v) is 4.72. The van der Waals surface area contributed by atoms with Gasteiger partial charge in [-0.2, -0.15) is 0 Å². The summed E-state index contributed by atoms with van der Waals surface area (Å²) in [7, 11) is 0. The van der Waals surface area contributed by atoms with Gasteiger partial charge in [0, 0.05) is 0 Å². The Kier molecular flexibility index (Phi) is 11.1. The van der Waals surface area contributed by atoms with Crippen molar-refractivity contribution >= 4 is 11.9 Å². The molecule has 5 unspecified atom stereocenters. The molecule has 36 heavy (non-hydrogen) atoms. The number of amides is 1. The average Bonchev–Trinajstić information content (AvgIpc) is 2.90. The van der Waals surface area contributed by atoms with Crippen molar-refractivity contribution in [2.75, 3.05) is 13.2 Å². The lowest BCUT2D eigenvalue weighted by Gasteiger charge is -2.44. The number of hydrogen-bond donors (Lipinski definition) is 4. The number of esters is 1. The molecule has 2 aliphatic rings. The largest absolute Gasteiger partial charge is 0.450 e. The number of ether oxygens (including phenoxy) is 4. The van der Waals surface area contributed by atoms with Gasteiger partial charge in [0.2, 0.25) is 0 Å². The molecule has 0 bridgehead atoms. The van der Waals surface area contributed by atoms with Gasteiger partial charge in [0.1, 0.15) is 24.4 Å². The first-order valence-corrected chi connectivity index (χ1v) is 12.8. The number of aliphatic hydroxyl groups excluding tert-OH is 2. The summed E-state index contributed by atoms with van der Waals surface area (Å²) in [4.78, 5) is 25.5. The normalized spacial score (nSPS) is 28.0. The van der Waals surface area contributed by atoms with E-state index < -0.39 is 55.3 Å². The quantitative estimate of drug-likeness (QED) is 0.200. The third-order valence-corrected chi connectivity index (χ3v) is 6.64. The first kappa shape index (κ1) is 28.5. The zero-order valence-electron chi connectivity index (χ0n) is 21.0. The summed E-state index contributed by atoms with van der Waals surface area (Å²) in [6, 6.07) is 8.32. The number of hydrogen-bond acceptors (Lipinski definition) is 9. The molecule has 1 aromatic carbocycles. The summed E-state index contributed by atoms with van der Waals surface area (Å²) in [6.45, 7) is 3.59. The van der Waals surface area contributed by atoms with Crippen molar-refractivity contribution < 1.29 is 44.0 Å². The molecular weight excluding hydrogens is 470 g/mol. The van der Waals surface area contributed by atoms with Crippen molar-refractivity contribution in [3.8, 4) is 0 Å². The highest BCUT2D eigenvalue weighted by atomic mass is 16.7. The van der Waals surface area contributed by atoms with Crippen molar-refractivity contribution in [3.05, 3.63) is 35.9 Å². The van der Waals surface area contributed by atoms with Crippen molar-refractivity contribution in [1.29, 1.82) is 0 Å². The van der Waals surface area contributed by atoms with Gasteiger partial charge in [-0.05, 0) is 30.4 Å². The van der Waals surface area contributed by atoms with Crippen molar-refractivity contribution in [3.63, 3.8) is 0 Å². The van der Waals surface area contributed by atoms with Crippen LogP contribution in [0, 0.1) is 11.8 Å². The average molecular weight is 510 g/mol. The maximum Gasteiger partial charge on any atom is 0.338 e. The van der Waals surface area contributed by atoms with Gasteiger partial charge in [0.05, 0.1) is 18.8 Å². The number of nitrogens with one attached hydrogen (secondary N) is 1. The van der Waals surface area contributed by atoms with Crippen molar-refractivity contribution in [2.45, 2.75) is 89.2 Å². The molecule has 1 amide bonds. The summed E-state index contributed by atoms with van der Waals surface area (Å²) >= 11 is 0. The fourth-order valence-electron chi connectivity index (χ4n) is 4.72. The van der Waals surface area contributed by atoms with Crippen LogP contribution in [0.4, 0.5) is 0 Å². The Balaban J connectivity index is 1.88. The van der Waals surface area contributed by atoms with E-state index in [9.17, 15) is 25.0 Å². The molecule has 1 heterocycles. The summed E-state index contributed by atoms with van der Waals surface area (Å²) in [6.07, 6.45) is -1.86. The third-order valence-electron chi connectivity index (χ3n) is 6.64. The number of carbonyl (C=O) groups excluding carboxylic acids is 2.